The lowest BCUT2D eigenvalue weighted by molar-refractivity contribution is 0.0557. The Bertz CT molecular complexity index is 1060. The number of nitrogens with zero attached hydrogens (tertiary/aromatic N) is 2. The molecule has 1 aliphatic heterocycles. The molecule has 2 fully saturated rings. The maximum absolute atomic E-state index is 13.0. The molecule has 0 radical (unpaired) electrons. The largest absolute Gasteiger partial charge is 0.395 e. The molecule has 2 aliphatic rings. The average molecular weight is 392 g/mol. The van der Waals surface area contributed by atoms with Crippen LogP contribution < -0.4 is 0 Å². The topological polar surface area (TPSA) is 81.4 Å². The van der Waals surface area contributed by atoms with Crippen LogP contribution in [0.25, 0.3) is 0 Å². The average Bonchev–Trinajstić information content (AvgIpc) is 3.52. The molecular formula is C22H20N2O3S. The smallest absolute Gasteiger partial charge is 0.244 e. The van der Waals surface area contributed by atoms with Gasteiger partial charge in [-0.15, -0.1) is 0 Å². The second-order valence-corrected chi connectivity index (χ2v) is 9.01. The Balaban J connectivity index is 1.61. The highest BCUT2D eigenvalue weighted by molar-refractivity contribution is 7.89. The highest BCUT2D eigenvalue weighted by Gasteiger charge is 2.55. The summed E-state index contributed by atoms with van der Waals surface area (Å²) < 4.78 is 27.1. The highest BCUT2D eigenvalue weighted by Crippen LogP contribution is 2.43. The molecule has 0 spiro atoms. The van der Waals surface area contributed by atoms with Gasteiger partial charge in [0.15, 0.2) is 0 Å². The number of benzene rings is 2. The third-order valence-corrected chi connectivity index (χ3v) is 7.21. The van der Waals surface area contributed by atoms with E-state index in [0.717, 1.165) is 15.4 Å². The molecule has 4 rings (SSSR count). The summed E-state index contributed by atoms with van der Waals surface area (Å²) in [6.45, 7) is -0.349. The Kier molecular flexibility index (Phi) is 4.95. The van der Waals surface area contributed by atoms with E-state index in [-0.39, 0.29) is 17.4 Å². The molecule has 0 unspecified atom stereocenters. The van der Waals surface area contributed by atoms with E-state index in [1.165, 1.54) is 25.0 Å². The van der Waals surface area contributed by atoms with E-state index in [1.54, 1.807) is 18.2 Å². The first-order valence-electron chi connectivity index (χ1n) is 9.27. The van der Waals surface area contributed by atoms with Crippen LogP contribution in [0.15, 0.2) is 59.5 Å². The zero-order valence-electron chi connectivity index (χ0n) is 15.2. The first kappa shape index (κ1) is 18.7. The highest BCUT2D eigenvalue weighted by atomic mass is 32.2. The summed E-state index contributed by atoms with van der Waals surface area (Å²) in [5.74, 6) is 6.49. The van der Waals surface area contributed by atoms with Crippen molar-refractivity contribution in [1.82, 2.24) is 4.31 Å². The van der Waals surface area contributed by atoms with Crippen LogP contribution in [0, 0.1) is 29.1 Å². The molecule has 142 valence electrons. The fourth-order valence-corrected chi connectivity index (χ4v) is 5.39. The Morgan fingerprint density at radius 1 is 1.07 bits per heavy atom. The van der Waals surface area contributed by atoms with Gasteiger partial charge in [-0.05, 0) is 42.7 Å². The van der Waals surface area contributed by atoms with Gasteiger partial charge < -0.3 is 5.11 Å². The number of nitriles is 1. The number of hydrogen-bond donors (Lipinski definition) is 1. The summed E-state index contributed by atoms with van der Waals surface area (Å²) in [7, 11) is -3.86. The number of aliphatic hydroxyl groups is 1. The van der Waals surface area contributed by atoms with Crippen LogP contribution in [0.4, 0.5) is 0 Å². The third-order valence-electron chi connectivity index (χ3n) is 5.29. The minimum absolute atomic E-state index is 0.123. The van der Waals surface area contributed by atoms with Crippen LogP contribution in [0.1, 0.15) is 29.9 Å². The van der Waals surface area contributed by atoms with Gasteiger partial charge in [0.2, 0.25) is 10.0 Å². The maximum Gasteiger partial charge on any atom is 0.244 e. The quantitative estimate of drug-likeness (QED) is 0.811. The molecule has 28 heavy (non-hydrogen) atoms. The van der Waals surface area contributed by atoms with Crippen LogP contribution in [0.2, 0.25) is 0 Å². The number of rotatable bonds is 4. The molecule has 1 heterocycles. The summed E-state index contributed by atoms with van der Waals surface area (Å²) in [4.78, 5) is 0.123. The van der Waals surface area contributed by atoms with Gasteiger partial charge in [0, 0.05) is 17.4 Å². The second kappa shape index (κ2) is 7.41. The second-order valence-electron chi connectivity index (χ2n) is 7.16. The molecule has 5 nitrogen and oxygen atoms in total. The SMILES string of the molecule is N#C[C@@H]1[C@H](c2ccc(C#CC3CC3)cc2)[C@@H](CO)N1S(=O)(=O)c1ccccc1. The van der Waals surface area contributed by atoms with E-state index >= 15 is 0 Å². The van der Waals surface area contributed by atoms with Crippen molar-refractivity contribution in [3.8, 4) is 17.9 Å². The molecule has 6 heteroatoms. The third kappa shape index (κ3) is 3.31. The molecule has 0 amide bonds. The molecule has 3 atom stereocenters. The van der Waals surface area contributed by atoms with Gasteiger partial charge in [0.05, 0.1) is 23.6 Å². The Hall–Kier alpha value is -2.64. The van der Waals surface area contributed by atoms with Crippen molar-refractivity contribution in [3.63, 3.8) is 0 Å². The number of sulfonamides is 1. The monoisotopic (exact) mass is 392 g/mol. The van der Waals surface area contributed by atoms with Crippen molar-refractivity contribution < 1.29 is 13.5 Å². The van der Waals surface area contributed by atoms with Crippen molar-refractivity contribution in [2.75, 3.05) is 6.61 Å². The molecule has 0 bridgehead atoms. The van der Waals surface area contributed by atoms with Gasteiger partial charge in [-0.2, -0.15) is 9.57 Å². The minimum Gasteiger partial charge on any atom is -0.395 e. The van der Waals surface area contributed by atoms with E-state index in [1.807, 2.05) is 24.3 Å². The molecule has 1 aliphatic carbocycles. The normalized spacial score (nSPS) is 24.5. The molecule has 2 aromatic carbocycles. The summed E-state index contributed by atoms with van der Waals surface area (Å²) in [5, 5.41) is 19.5. The Morgan fingerprint density at radius 2 is 1.75 bits per heavy atom. The molecule has 2 aromatic rings. The van der Waals surface area contributed by atoms with E-state index < -0.39 is 22.1 Å². The summed E-state index contributed by atoms with van der Waals surface area (Å²) in [6, 6.07) is 16.1. The summed E-state index contributed by atoms with van der Waals surface area (Å²) >= 11 is 0. The van der Waals surface area contributed by atoms with Crippen LogP contribution in [0.5, 0.6) is 0 Å². The van der Waals surface area contributed by atoms with Gasteiger partial charge in [-0.25, -0.2) is 8.42 Å². The van der Waals surface area contributed by atoms with Gasteiger partial charge in [-0.1, -0.05) is 42.2 Å². The zero-order chi connectivity index (χ0) is 19.7. The van der Waals surface area contributed by atoms with Crippen molar-refractivity contribution in [3.05, 3.63) is 65.7 Å². The lowest BCUT2D eigenvalue weighted by atomic mass is 9.78. The van der Waals surface area contributed by atoms with Gasteiger partial charge in [0.25, 0.3) is 0 Å². The zero-order valence-corrected chi connectivity index (χ0v) is 16.0. The van der Waals surface area contributed by atoms with E-state index in [4.69, 9.17) is 0 Å². The molecule has 1 saturated carbocycles. The van der Waals surface area contributed by atoms with Crippen LogP contribution >= 0.6 is 0 Å². The predicted octanol–water partition coefficient (Wildman–Crippen LogP) is 2.49. The summed E-state index contributed by atoms with van der Waals surface area (Å²) in [5.41, 5.74) is 1.74. The standard InChI is InChI=1S/C22H20N2O3S/c23-14-20-22(18-12-10-17(11-13-18)9-8-16-6-7-16)21(15-25)24(20)28(26,27)19-4-2-1-3-5-19/h1-5,10-13,16,20-22,25H,6-7,15H2/t20-,21-,22+/m1/s1. The molecular weight excluding hydrogens is 372 g/mol. The van der Waals surface area contributed by atoms with E-state index in [0.29, 0.717) is 5.92 Å². The van der Waals surface area contributed by atoms with Gasteiger partial charge in [-0.3, -0.25) is 0 Å². The van der Waals surface area contributed by atoms with Crippen molar-refractivity contribution >= 4 is 10.0 Å². The minimum atomic E-state index is -3.86. The number of aliphatic hydroxyl groups excluding tert-OH is 1. The van der Waals surface area contributed by atoms with Gasteiger partial charge >= 0.3 is 0 Å². The number of hydrogen-bond acceptors (Lipinski definition) is 4. The Morgan fingerprint density at radius 3 is 2.32 bits per heavy atom. The van der Waals surface area contributed by atoms with Crippen molar-refractivity contribution in [2.24, 2.45) is 5.92 Å². The fraction of sp³-hybridized carbons (Fsp3) is 0.318. The van der Waals surface area contributed by atoms with Crippen LogP contribution in [-0.4, -0.2) is 36.5 Å². The van der Waals surface area contributed by atoms with Gasteiger partial charge in [0.1, 0.15) is 6.04 Å². The maximum atomic E-state index is 13.0. The first-order chi connectivity index (χ1) is 13.6. The van der Waals surface area contributed by atoms with E-state index in [2.05, 4.69) is 17.9 Å². The fourth-order valence-electron chi connectivity index (χ4n) is 3.61. The first-order valence-corrected chi connectivity index (χ1v) is 10.7. The van der Waals surface area contributed by atoms with Crippen molar-refractivity contribution in [1.29, 1.82) is 5.26 Å². The van der Waals surface area contributed by atoms with E-state index in [9.17, 15) is 18.8 Å². The predicted molar refractivity (Wildman–Crippen MR) is 105 cm³/mol. The Labute approximate surface area is 165 Å². The summed E-state index contributed by atoms with van der Waals surface area (Å²) in [6.07, 6.45) is 2.34. The molecule has 1 saturated heterocycles. The van der Waals surface area contributed by atoms with Crippen LogP contribution in [-0.2, 0) is 10.0 Å². The molecule has 0 aromatic heterocycles. The lowest BCUT2D eigenvalue weighted by Crippen LogP contribution is -2.64. The lowest BCUT2D eigenvalue weighted by Gasteiger charge is -2.50. The molecule has 1 N–H and O–H groups in total. The van der Waals surface area contributed by atoms with Crippen LogP contribution in [0.3, 0.4) is 0 Å². The van der Waals surface area contributed by atoms with Crippen molar-refractivity contribution in [2.45, 2.75) is 35.7 Å².